The molecule has 2 saturated heterocycles. The molecule has 0 aromatic rings. The number of likely N-dealkylation sites (N-methyl/N-ethyl adjacent to an activating group) is 1. The Bertz CT molecular complexity index is 1460. The summed E-state index contributed by atoms with van der Waals surface area (Å²) in [5, 5.41) is 20.1. The number of epoxide rings is 1. The second-order valence-corrected chi connectivity index (χ2v) is 16.1. The van der Waals surface area contributed by atoms with Crippen molar-refractivity contribution in [2.45, 2.75) is 133 Å². The molecule has 12 heteroatoms. The maximum atomic E-state index is 14.7. The van der Waals surface area contributed by atoms with Gasteiger partial charge in [0, 0.05) is 49.9 Å². The molecule has 6 rings (SSSR count). The van der Waals surface area contributed by atoms with Crippen LogP contribution in [-0.4, -0.2) is 90.9 Å². The van der Waals surface area contributed by atoms with Crippen molar-refractivity contribution in [2.24, 2.45) is 46.0 Å². The van der Waals surface area contributed by atoms with Crippen molar-refractivity contribution in [3.8, 4) is 0 Å². The summed E-state index contributed by atoms with van der Waals surface area (Å²) in [4.78, 5) is 47.8. The molecule has 0 radical (unpaired) electrons. The molecule has 4 unspecified atom stereocenters. The first-order valence-electron chi connectivity index (χ1n) is 19.9. The average molecular weight is 723 g/mol. The highest BCUT2D eigenvalue weighted by Crippen LogP contribution is 2.61. The number of aliphatic hydroxyl groups is 1. The van der Waals surface area contributed by atoms with E-state index in [4.69, 9.17) is 20.9 Å². The molecule has 11 atom stereocenters. The number of hydrogen-bond acceptors (Lipinski definition) is 10. The van der Waals surface area contributed by atoms with Crippen LogP contribution in [-0.2, 0) is 23.9 Å². The first-order valence-corrected chi connectivity index (χ1v) is 19.9. The predicted octanol–water partition coefficient (Wildman–Crippen LogP) is 2.94. The Morgan fingerprint density at radius 3 is 2.67 bits per heavy atom. The van der Waals surface area contributed by atoms with Gasteiger partial charge in [-0.1, -0.05) is 49.6 Å². The molecule has 4 fully saturated rings. The van der Waals surface area contributed by atoms with Gasteiger partial charge in [-0.05, 0) is 102 Å². The van der Waals surface area contributed by atoms with Crippen molar-refractivity contribution < 1.29 is 29.0 Å². The zero-order valence-corrected chi connectivity index (χ0v) is 31.4. The number of hydrogen-bond donors (Lipinski definition) is 6. The van der Waals surface area contributed by atoms with Gasteiger partial charge in [-0.25, -0.2) is 4.79 Å². The number of fused-ring (bicyclic) bond motifs is 3. The normalized spacial score (nSPS) is 37.2. The van der Waals surface area contributed by atoms with Crippen molar-refractivity contribution in [3.05, 3.63) is 35.5 Å². The van der Waals surface area contributed by atoms with Crippen LogP contribution in [0, 0.1) is 29.6 Å². The van der Waals surface area contributed by atoms with Crippen molar-refractivity contribution >= 4 is 23.5 Å². The molecule has 288 valence electrons. The molecule has 2 saturated carbocycles. The summed E-state index contributed by atoms with van der Waals surface area (Å²) in [6.07, 6.45) is 17.1. The highest BCUT2D eigenvalue weighted by atomic mass is 16.7. The number of nitrogens with one attached hydrogen (secondary N) is 3. The van der Waals surface area contributed by atoms with E-state index in [2.05, 4.69) is 46.1 Å². The predicted molar refractivity (Wildman–Crippen MR) is 200 cm³/mol. The third-order valence-corrected chi connectivity index (χ3v) is 12.9. The van der Waals surface area contributed by atoms with Crippen molar-refractivity contribution in [3.63, 3.8) is 0 Å². The van der Waals surface area contributed by atoms with E-state index in [1.165, 1.54) is 5.57 Å². The summed E-state index contributed by atoms with van der Waals surface area (Å²) >= 11 is 0. The van der Waals surface area contributed by atoms with Crippen LogP contribution < -0.4 is 27.4 Å². The number of ether oxygens (including phenoxy) is 2. The minimum atomic E-state index is -1.95. The van der Waals surface area contributed by atoms with E-state index in [9.17, 15) is 19.5 Å². The smallest absolute Gasteiger partial charge is 0.350 e. The largest absolute Gasteiger partial charge is 0.459 e. The maximum absolute atomic E-state index is 14.7. The van der Waals surface area contributed by atoms with Gasteiger partial charge in [-0.3, -0.25) is 14.6 Å². The van der Waals surface area contributed by atoms with E-state index < -0.39 is 35.1 Å². The van der Waals surface area contributed by atoms with Gasteiger partial charge in [0.25, 0.3) is 5.60 Å². The molecule has 0 bridgehead atoms. The van der Waals surface area contributed by atoms with Crippen LogP contribution in [0.2, 0.25) is 0 Å². The first kappa shape index (κ1) is 38.8. The molecule has 6 aliphatic rings. The third-order valence-electron chi connectivity index (χ3n) is 12.9. The minimum absolute atomic E-state index is 0.0299. The molecular weight excluding hydrogens is 660 g/mol. The Morgan fingerprint density at radius 1 is 1.19 bits per heavy atom. The number of piperidine rings is 1. The summed E-state index contributed by atoms with van der Waals surface area (Å²) in [5.41, 5.74) is 11.2. The number of ketones is 2. The topological polar surface area (TPSA) is 194 Å². The zero-order valence-electron chi connectivity index (χ0n) is 31.4. The lowest BCUT2D eigenvalue weighted by molar-refractivity contribution is -0.166. The number of aliphatic imine (C=N–C) groups is 1. The van der Waals surface area contributed by atoms with Gasteiger partial charge in [-0.2, -0.15) is 0 Å². The number of carbonyl (C=O) groups is 3. The zero-order chi connectivity index (χ0) is 37.0. The number of nitrogens with zero attached hydrogens (tertiary/aromatic N) is 1. The summed E-state index contributed by atoms with van der Waals surface area (Å²) < 4.78 is 12.8. The van der Waals surface area contributed by atoms with Crippen LogP contribution in [0.3, 0.4) is 0 Å². The van der Waals surface area contributed by atoms with E-state index in [-0.39, 0.29) is 54.7 Å². The van der Waals surface area contributed by atoms with Gasteiger partial charge in [0.15, 0.2) is 23.1 Å². The lowest BCUT2D eigenvalue weighted by Crippen LogP contribution is -2.59. The van der Waals surface area contributed by atoms with Crippen LogP contribution >= 0.6 is 0 Å². The van der Waals surface area contributed by atoms with E-state index in [1.54, 1.807) is 7.05 Å². The lowest BCUT2D eigenvalue weighted by atomic mass is 9.61. The van der Waals surface area contributed by atoms with Gasteiger partial charge in [0.05, 0.1) is 6.17 Å². The summed E-state index contributed by atoms with van der Waals surface area (Å²) in [7, 11) is 1.65. The highest BCUT2D eigenvalue weighted by Gasteiger charge is 2.87. The van der Waals surface area contributed by atoms with Crippen LogP contribution in [0.1, 0.15) is 97.3 Å². The second-order valence-electron chi connectivity index (χ2n) is 16.1. The number of guanidine groups is 1. The fourth-order valence-electron chi connectivity index (χ4n) is 10.1. The van der Waals surface area contributed by atoms with Gasteiger partial charge in [0.1, 0.15) is 6.10 Å². The number of nitrogens with two attached hydrogens (primary N) is 2. The number of esters is 1. The van der Waals surface area contributed by atoms with Gasteiger partial charge < -0.3 is 42.0 Å². The molecule has 0 amide bonds. The van der Waals surface area contributed by atoms with Crippen molar-refractivity contribution in [1.29, 1.82) is 0 Å². The first-order chi connectivity index (χ1) is 25.1. The monoisotopic (exact) mass is 722 g/mol. The van der Waals surface area contributed by atoms with E-state index in [0.717, 1.165) is 63.6 Å². The molecule has 4 aliphatic carbocycles. The molecule has 2 aliphatic heterocycles. The SMILES string of the molecule is CCN[C@H]1C=C2C=CCC[C@H]2C[C@H]1[C@H](CCCO)OC(=O)[C@]12O[C@@]1(CC=C(C)C[C@@H](NC(N)=NC)C1CCNC(N)C1)C(=O)C1CCCCC1C2=O. The summed E-state index contributed by atoms with van der Waals surface area (Å²) in [5.74, 6) is -1.25. The average Bonchev–Trinajstić information content (AvgIpc) is 3.86. The number of Topliss-reactive ketones (excluding diaryl/α,β-unsaturated/α-hetero) is 2. The number of allylic oxidation sites excluding steroid dienone is 3. The van der Waals surface area contributed by atoms with Crippen LogP contribution in [0.25, 0.3) is 0 Å². The number of carbonyl (C=O) groups excluding carboxylic acids is 3. The van der Waals surface area contributed by atoms with Crippen LogP contribution in [0.5, 0.6) is 0 Å². The van der Waals surface area contributed by atoms with E-state index in [1.807, 2.05) is 13.0 Å². The molecule has 2 heterocycles. The number of rotatable bonds is 14. The quantitative estimate of drug-likeness (QED) is 0.0386. The molecule has 8 N–H and O–H groups in total. The Hall–Kier alpha value is -2.90. The number of aliphatic hydroxyl groups excluding tert-OH is 1. The standard InChI is InChI=1S/C40H62N6O6/c1-4-44-32-22-26-11-6-5-10-25(26)21-30(32)33(14-9-19-47)51-37(50)40-36(49)29-13-8-7-12-28(29)35(48)39(40,52-40)17-15-24(2)20-31(46-38(42)43-3)27-16-18-45-34(41)23-27/h6,11,15,22,25,27-34,44-45,47H,4-5,7-10,12-14,16-21,23,41H2,1-3H3,(H3,42,43,46)/t25-,27?,28?,29?,30+,31+,32-,33-,34?,39-,40-/m0/s1. The van der Waals surface area contributed by atoms with Crippen molar-refractivity contribution in [2.75, 3.05) is 26.7 Å². The molecule has 0 aromatic heterocycles. The van der Waals surface area contributed by atoms with E-state index in [0.29, 0.717) is 44.0 Å². The molecule has 52 heavy (non-hydrogen) atoms. The Morgan fingerprint density at radius 2 is 1.96 bits per heavy atom. The van der Waals surface area contributed by atoms with Gasteiger partial charge in [0.2, 0.25) is 0 Å². The van der Waals surface area contributed by atoms with Crippen molar-refractivity contribution in [1.82, 2.24) is 16.0 Å². The van der Waals surface area contributed by atoms with Crippen LogP contribution in [0.4, 0.5) is 0 Å². The second kappa shape index (κ2) is 16.6. The maximum Gasteiger partial charge on any atom is 0.350 e. The van der Waals surface area contributed by atoms with E-state index >= 15 is 0 Å². The van der Waals surface area contributed by atoms with Gasteiger partial charge in [-0.15, -0.1) is 0 Å². The van der Waals surface area contributed by atoms with Crippen LogP contribution in [0.15, 0.2) is 40.4 Å². The Labute approximate surface area is 309 Å². The summed E-state index contributed by atoms with van der Waals surface area (Å²) in [6.45, 7) is 5.58. The lowest BCUT2D eigenvalue weighted by Gasteiger charge is -2.41. The highest BCUT2D eigenvalue weighted by molar-refractivity contribution is 6.23. The fraction of sp³-hybridized carbons (Fsp3) is 0.750. The molecule has 0 spiro atoms. The summed E-state index contributed by atoms with van der Waals surface area (Å²) in [6, 6.07) is -0.0637. The fourth-order valence-corrected chi connectivity index (χ4v) is 10.1. The Kier molecular flexibility index (Phi) is 12.4. The van der Waals surface area contributed by atoms with Gasteiger partial charge >= 0.3 is 5.97 Å². The third kappa shape index (κ3) is 7.56. The molecule has 0 aromatic carbocycles. The molecular formula is C40H62N6O6. The molecule has 12 nitrogen and oxygen atoms in total. The minimum Gasteiger partial charge on any atom is -0.459 e. The Balaban J connectivity index is 1.27.